The van der Waals surface area contributed by atoms with E-state index in [1.54, 1.807) is 6.08 Å². The Labute approximate surface area is 150 Å². The minimum Gasteiger partial charge on any atom is -0.402 e. The molecule has 0 radical (unpaired) electrons. The van der Waals surface area contributed by atoms with E-state index in [4.69, 9.17) is 16.5 Å². The van der Waals surface area contributed by atoms with Crippen LogP contribution in [-0.2, 0) is 0 Å². The highest BCUT2D eigenvalue weighted by Crippen LogP contribution is 2.58. The minimum atomic E-state index is -4.84. The van der Waals surface area contributed by atoms with Gasteiger partial charge >= 0.3 is 6.36 Å². The summed E-state index contributed by atoms with van der Waals surface area (Å²) in [5.41, 5.74) is 13.1. The first-order valence-electron chi connectivity index (χ1n) is 8.72. The summed E-state index contributed by atoms with van der Waals surface area (Å²) >= 11 is 0. The predicted molar refractivity (Wildman–Crippen MR) is 94.4 cm³/mol. The largest absolute Gasteiger partial charge is 0.573 e. The van der Waals surface area contributed by atoms with Crippen molar-refractivity contribution in [1.82, 2.24) is 4.98 Å². The van der Waals surface area contributed by atoms with Crippen molar-refractivity contribution in [3.63, 3.8) is 0 Å². The number of allylic oxidation sites excluding steroid dienone is 1. The summed E-state index contributed by atoms with van der Waals surface area (Å²) in [5.74, 6) is 0.816. The maximum Gasteiger partial charge on any atom is 0.573 e. The van der Waals surface area contributed by atoms with Crippen molar-refractivity contribution in [2.24, 2.45) is 28.5 Å². The highest BCUT2D eigenvalue weighted by Gasteiger charge is 2.54. The lowest BCUT2D eigenvalue weighted by Gasteiger charge is -2.12. The molecule has 0 aliphatic heterocycles. The van der Waals surface area contributed by atoms with E-state index >= 15 is 0 Å². The van der Waals surface area contributed by atoms with Gasteiger partial charge in [0.05, 0.1) is 0 Å². The molecule has 4 N–H and O–H groups in total. The third-order valence-corrected chi connectivity index (χ3v) is 4.90. The Bertz CT molecular complexity index is 732. The lowest BCUT2D eigenvalue weighted by Crippen LogP contribution is -2.18. The van der Waals surface area contributed by atoms with Crippen LogP contribution in [-0.4, -0.2) is 23.1 Å². The van der Waals surface area contributed by atoms with E-state index in [0.29, 0.717) is 29.0 Å². The van der Waals surface area contributed by atoms with Crippen molar-refractivity contribution in [3.05, 3.63) is 23.9 Å². The fourth-order valence-electron chi connectivity index (χ4n) is 3.84. The Kier molecular flexibility index (Phi) is 4.86. The van der Waals surface area contributed by atoms with Gasteiger partial charge in [0.1, 0.15) is 0 Å². The summed E-state index contributed by atoms with van der Waals surface area (Å²) in [6.07, 6.45) is 1.90. The molecule has 1 heterocycles. The summed E-state index contributed by atoms with van der Waals surface area (Å²) in [5, 5.41) is 0. The third-order valence-electron chi connectivity index (χ3n) is 4.90. The van der Waals surface area contributed by atoms with Gasteiger partial charge in [-0.1, -0.05) is 6.42 Å². The lowest BCUT2D eigenvalue weighted by atomic mass is 10.0. The Morgan fingerprint density at radius 3 is 2.58 bits per heavy atom. The van der Waals surface area contributed by atoms with Crippen molar-refractivity contribution in [1.29, 1.82) is 0 Å². The average molecular weight is 368 g/mol. The Morgan fingerprint density at radius 2 is 2.00 bits per heavy atom. The molecule has 3 rings (SSSR count). The SMILES string of the molecule is CC(C)N=C(C=C(N)c1cnc(N)c(OC(F)(F)F)c1)C1[C@H]2CCC[C@@H]12. The molecular weight excluding hydrogens is 345 g/mol. The molecule has 142 valence electrons. The molecule has 1 aromatic heterocycles. The Morgan fingerprint density at radius 1 is 1.35 bits per heavy atom. The number of anilines is 1. The van der Waals surface area contributed by atoms with Gasteiger partial charge in [-0.25, -0.2) is 4.98 Å². The molecule has 0 bridgehead atoms. The molecule has 8 heteroatoms. The third kappa shape index (κ3) is 4.11. The molecule has 0 aromatic carbocycles. The second kappa shape index (κ2) is 6.81. The summed E-state index contributed by atoms with van der Waals surface area (Å²) in [4.78, 5) is 8.45. The topological polar surface area (TPSA) is 86.5 Å². The van der Waals surface area contributed by atoms with Gasteiger partial charge < -0.3 is 16.2 Å². The molecule has 0 spiro atoms. The number of nitrogens with two attached hydrogens (primary N) is 2. The number of fused-ring (bicyclic) bond motifs is 1. The number of aromatic nitrogens is 1. The first-order valence-corrected chi connectivity index (χ1v) is 8.72. The van der Waals surface area contributed by atoms with Crippen LogP contribution in [0.1, 0.15) is 38.7 Å². The fraction of sp³-hybridized carbons (Fsp3) is 0.556. The smallest absolute Gasteiger partial charge is 0.402 e. The van der Waals surface area contributed by atoms with Crippen molar-refractivity contribution in [2.75, 3.05) is 5.73 Å². The minimum absolute atomic E-state index is 0.115. The van der Waals surface area contributed by atoms with E-state index in [1.807, 2.05) is 13.8 Å². The van der Waals surface area contributed by atoms with Gasteiger partial charge in [-0.2, -0.15) is 0 Å². The number of rotatable bonds is 5. The molecule has 3 atom stereocenters. The van der Waals surface area contributed by atoms with Gasteiger partial charge in [0, 0.05) is 35.1 Å². The highest BCUT2D eigenvalue weighted by molar-refractivity contribution is 6.04. The molecule has 1 aromatic rings. The van der Waals surface area contributed by atoms with E-state index in [-0.39, 0.29) is 11.9 Å². The number of halogens is 3. The summed E-state index contributed by atoms with van der Waals surface area (Å²) in [7, 11) is 0. The zero-order chi connectivity index (χ0) is 19.1. The van der Waals surface area contributed by atoms with E-state index in [1.165, 1.54) is 25.5 Å². The number of ether oxygens (including phenoxy) is 1. The zero-order valence-electron chi connectivity index (χ0n) is 14.8. The van der Waals surface area contributed by atoms with Crippen LogP contribution in [0.5, 0.6) is 5.75 Å². The zero-order valence-corrected chi connectivity index (χ0v) is 14.8. The van der Waals surface area contributed by atoms with Crippen LogP contribution in [0, 0.1) is 17.8 Å². The van der Waals surface area contributed by atoms with Crippen molar-refractivity contribution < 1.29 is 17.9 Å². The van der Waals surface area contributed by atoms with Gasteiger partial charge in [-0.15, -0.1) is 13.2 Å². The van der Waals surface area contributed by atoms with E-state index < -0.39 is 12.1 Å². The van der Waals surface area contributed by atoms with Crippen molar-refractivity contribution in [2.45, 2.75) is 45.5 Å². The first-order chi connectivity index (χ1) is 12.2. The van der Waals surface area contributed by atoms with Gasteiger partial charge in [0.2, 0.25) is 0 Å². The summed E-state index contributed by atoms with van der Waals surface area (Å²) in [6.45, 7) is 3.98. The van der Waals surface area contributed by atoms with Crippen LogP contribution in [0.4, 0.5) is 19.0 Å². The molecule has 2 fully saturated rings. The summed E-state index contributed by atoms with van der Waals surface area (Å²) in [6, 6.07) is 1.27. The number of aliphatic imine (C=N–C) groups is 1. The highest BCUT2D eigenvalue weighted by atomic mass is 19.4. The molecule has 26 heavy (non-hydrogen) atoms. The molecule has 1 unspecified atom stereocenters. The number of alkyl halides is 3. The van der Waals surface area contributed by atoms with Crippen LogP contribution in [0.3, 0.4) is 0 Å². The van der Waals surface area contributed by atoms with Crippen molar-refractivity contribution in [3.8, 4) is 5.75 Å². The molecule has 5 nitrogen and oxygen atoms in total. The van der Waals surface area contributed by atoms with Crippen LogP contribution >= 0.6 is 0 Å². The van der Waals surface area contributed by atoms with E-state index in [9.17, 15) is 13.2 Å². The second-order valence-electron chi connectivity index (χ2n) is 7.19. The molecule has 0 amide bonds. The number of nitrogens with zero attached hydrogens (tertiary/aromatic N) is 2. The quantitative estimate of drug-likeness (QED) is 0.775. The monoisotopic (exact) mass is 368 g/mol. The number of pyridine rings is 1. The number of hydrogen-bond acceptors (Lipinski definition) is 5. The average Bonchev–Trinajstić information content (AvgIpc) is 2.99. The molecule has 2 aliphatic carbocycles. The lowest BCUT2D eigenvalue weighted by molar-refractivity contribution is -0.274. The van der Waals surface area contributed by atoms with Gasteiger partial charge in [-0.05, 0) is 50.7 Å². The normalized spacial score (nSPS) is 26.2. The van der Waals surface area contributed by atoms with Crippen LogP contribution in [0.2, 0.25) is 0 Å². The molecule has 2 aliphatic rings. The van der Waals surface area contributed by atoms with Gasteiger partial charge in [0.15, 0.2) is 11.6 Å². The van der Waals surface area contributed by atoms with Crippen LogP contribution in [0.15, 0.2) is 23.3 Å². The van der Waals surface area contributed by atoms with E-state index in [0.717, 1.165) is 11.8 Å². The number of hydrogen-bond donors (Lipinski definition) is 2. The molecule has 0 saturated heterocycles. The summed E-state index contributed by atoms with van der Waals surface area (Å²) < 4.78 is 41.4. The van der Waals surface area contributed by atoms with Crippen LogP contribution < -0.4 is 16.2 Å². The first kappa shape index (κ1) is 18.5. The van der Waals surface area contributed by atoms with Gasteiger partial charge in [0.25, 0.3) is 0 Å². The maximum absolute atomic E-state index is 12.5. The Balaban J connectivity index is 1.86. The van der Waals surface area contributed by atoms with Crippen molar-refractivity contribution >= 4 is 17.2 Å². The molecular formula is C18H23F3N4O. The fourth-order valence-corrected chi connectivity index (χ4v) is 3.84. The Hall–Kier alpha value is -2.25. The standard InChI is InChI=1S/C18H23F3N4O/c1-9(2)25-14(16-11-4-3-5-12(11)16)7-13(22)10-6-15(17(23)24-8-10)26-18(19,20)21/h6-9,11-12,16H,3-5,22H2,1-2H3,(H2,23,24)/t11-,12+,16?. The maximum atomic E-state index is 12.5. The second-order valence-corrected chi connectivity index (χ2v) is 7.19. The predicted octanol–water partition coefficient (Wildman–Crippen LogP) is 3.76. The van der Waals surface area contributed by atoms with E-state index in [2.05, 4.69) is 9.72 Å². The number of nitrogen functional groups attached to an aromatic ring is 1. The van der Waals surface area contributed by atoms with Crippen LogP contribution in [0.25, 0.3) is 5.70 Å². The van der Waals surface area contributed by atoms with Gasteiger partial charge in [-0.3, -0.25) is 4.99 Å². The molecule has 2 saturated carbocycles.